The van der Waals surface area contributed by atoms with Crippen LogP contribution in [0.2, 0.25) is 0 Å². The molecular weight excluding hydrogens is 500 g/mol. The predicted molar refractivity (Wildman–Crippen MR) is 150 cm³/mol. The SMILES string of the molecule is CC(C)C[C@H](OC(=O)[C@H](C)CNC(=O)CNC(=O)/C=C/CC[C@H](C)[C@@H](C)[C@H](C)c1ccc(CO)cc1)C(=O)O. The number of carboxylic acids is 1. The van der Waals surface area contributed by atoms with Crippen molar-refractivity contribution in [3.05, 3.63) is 47.5 Å². The molecule has 9 heteroatoms. The summed E-state index contributed by atoms with van der Waals surface area (Å²) in [6, 6.07) is 8.03. The summed E-state index contributed by atoms with van der Waals surface area (Å²) in [5.41, 5.74) is 2.14. The first kappa shape index (κ1) is 33.8. The van der Waals surface area contributed by atoms with Crippen LogP contribution >= 0.6 is 0 Å². The molecule has 1 aromatic rings. The monoisotopic (exact) mass is 546 g/mol. The third kappa shape index (κ3) is 12.9. The van der Waals surface area contributed by atoms with E-state index in [9.17, 15) is 29.4 Å². The van der Waals surface area contributed by atoms with Crippen LogP contribution in [0.25, 0.3) is 0 Å². The first-order valence-corrected chi connectivity index (χ1v) is 13.7. The molecule has 0 fully saturated rings. The van der Waals surface area contributed by atoms with Gasteiger partial charge in [0.05, 0.1) is 19.1 Å². The summed E-state index contributed by atoms with van der Waals surface area (Å²) in [6.07, 6.45) is 3.85. The Labute approximate surface area is 232 Å². The third-order valence-corrected chi connectivity index (χ3v) is 7.08. The number of amides is 2. The second kappa shape index (κ2) is 17.4. The number of benzene rings is 1. The van der Waals surface area contributed by atoms with E-state index in [1.165, 1.54) is 18.6 Å². The molecule has 218 valence electrons. The maximum Gasteiger partial charge on any atom is 0.345 e. The van der Waals surface area contributed by atoms with Gasteiger partial charge in [0.25, 0.3) is 0 Å². The van der Waals surface area contributed by atoms with Gasteiger partial charge in [0.15, 0.2) is 6.10 Å². The molecule has 5 atom stereocenters. The van der Waals surface area contributed by atoms with E-state index in [0.717, 1.165) is 18.4 Å². The number of ether oxygens (including phenoxy) is 1. The Morgan fingerprint density at radius 3 is 2.18 bits per heavy atom. The number of nitrogens with one attached hydrogen (secondary N) is 2. The number of esters is 1. The van der Waals surface area contributed by atoms with E-state index < -0.39 is 29.9 Å². The lowest BCUT2D eigenvalue weighted by Crippen LogP contribution is -2.40. The van der Waals surface area contributed by atoms with Crippen molar-refractivity contribution in [2.24, 2.45) is 23.7 Å². The van der Waals surface area contributed by atoms with Gasteiger partial charge in [-0.2, -0.15) is 0 Å². The van der Waals surface area contributed by atoms with E-state index in [1.54, 1.807) is 6.08 Å². The molecule has 2 amide bonds. The van der Waals surface area contributed by atoms with Gasteiger partial charge in [0.1, 0.15) is 0 Å². The van der Waals surface area contributed by atoms with E-state index in [0.29, 0.717) is 17.8 Å². The Bertz CT molecular complexity index is 959. The van der Waals surface area contributed by atoms with E-state index in [-0.39, 0.29) is 37.9 Å². The smallest absolute Gasteiger partial charge is 0.345 e. The fourth-order valence-electron chi connectivity index (χ4n) is 4.06. The maximum absolute atomic E-state index is 12.2. The zero-order chi connectivity index (χ0) is 29.5. The van der Waals surface area contributed by atoms with Crippen LogP contribution in [0, 0.1) is 23.7 Å². The van der Waals surface area contributed by atoms with Crippen LogP contribution in [0.4, 0.5) is 0 Å². The Hall–Kier alpha value is -3.20. The average molecular weight is 547 g/mol. The molecule has 0 unspecified atom stereocenters. The molecule has 9 nitrogen and oxygen atoms in total. The molecule has 0 heterocycles. The van der Waals surface area contributed by atoms with Crippen molar-refractivity contribution in [1.82, 2.24) is 10.6 Å². The molecule has 0 spiro atoms. The molecule has 0 aliphatic carbocycles. The van der Waals surface area contributed by atoms with Crippen molar-refractivity contribution in [3.63, 3.8) is 0 Å². The molecule has 0 saturated heterocycles. The van der Waals surface area contributed by atoms with Crippen LogP contribution in [0.1, 0.15) is 77.8 Å². The number of hydrogen-bond acceptors (Lipinski definition) is 6. The molecule has 4 N–H and O–H groups in total. The quantitative estimate of drug-likeness (QED) is 0.172. The van der Waals surface area contributed by atoms with Crippen molar-refractivity contribution < 1.29 is 34.1 Å². The lowest BCUT2D eigenvalue weighted by Gasteiger charge is -2.26. The Balaban J connectivity index is 2.34. The molecule has 1 aromatic carbocycles. The normalized spacial score (nSPS) is 15.3. The van der Waals surface area contributed by atoms with Gasteiger partial charge in [-0.3, -0.25) is 14.4 Å². The van der Waals surface area contributed by atoms with Gasteiger partial charge in [0.2, 0.25) is 11.8 Å². The number of carboxylic acid groups (broad SMARTS) is 1. The third-order valence-electron chi connectivity index (χ3n) is 7.08. The molecule has 39 heavy (non-hydrogen) atoms. The first-order valence-electron chi connectivity index (χ1n) is 13.7. The van der Waals surface area contributed by atoms with E-state index in [2.05, 4.69) is 43.5 Å². The highest BCUT2D eigenvalue weighted by Gasteiger charge is 2.26. The number of rotatable bonds is 17. The number of hydrogen-bond donors (Lipinski definition) is 4. The van der Waals surface area contributed by atoms with Gasteiger partial charge >= 0.3 is 11.9 Å². The second-order valence-electron chi connectivity index (χ2n) is 10.8. The summed E-state index contributed by atoms with van der Waals surface area (Å²) in [5, 5.41) is 23.5. The fourth-order valence-corrected chi connectivity index (χ4v) is 4.06. The molecule has 1 rings (SSSR count). The number of carbonyl (C=O) groups is 4. The van der Waals surface area contributed by atoms with Crippen molar-refractivity contribution in [1.29, 1.82) is 0 Å². The Kier molecular flexibility index (Phi) is 15.1. The van der Waals surface area contributed by atoms with Crippen LogP contribution in [-0.2, 0) is 30.5 Å². The van der Waals surface area contributed by atoms with Gasteiger partial charge in [-0.25, -0.2) is 4.79 Å². The Morgan fingerprint density at radius 2 is 1.62 bits per heavy atom. The van der Waals surface area contributed by atoms with Gasteiger partial charge in [0, 0.05) is 6.54 Å². The lowest BCUT2D eigenvalue weighted by atomic mass is 9.79. The molecule has 0 saturated carbocycles. The van der Waals surface area contributed by atoms with Crippen molar-refractivity contribution in [3.8, 4) is 0 Å². The van der Waals surface area contributed by atoms with Crippen molar-refractivity contribution in [2.45, 2.75) is 79.4 Å². The summed E-state index contributed by atoms with van der Waals surface area (Å²) in [4.78, 5) is 47.5. The minimum Gasteiger partial charge on any atom is -0.479 e. The standard InChI is InChI=1S/C30H46N2O7/c1-19(2)15-26(29(36)37)39-30(38)21(4)16-31-28(35)17-32-27(34)10-8-7-9-20(3)22(5)23(6)25-13-11-24(18-33)12-14-25/h8,10-14,19-23,26,33H,7,9,15-18H2,1-6H3,(H,31,35)(H,32,34)(H,36,37)/b10-8+/t20-,21+,22+,23-,26-/m0/s1. The van der Waals surface area contributed by atoms with Crippen LogP contribution in [0.3, 0.4) is 0 Å². The summed E-state index contributed by atoms with van der Waals surface area (Å²) < 4.78 is 5.07. The van der Waals surface area contributed by atoms with E-state index in [4.69, 9.17) is 4.74 Å². The fraction of sp³-hybridized carbons (Fsp3) is 0.600. The van der Waals surface area contributed by atoms with Crippen molar-refractivity contribution >= 4 is 23.8 Å². The first-order chi connectivity index (χ1) is 18.3. The number of allylic oxidation sites excluding steroid dienone is 1. The van der Waals surface area contributed by atoms with Gasteiger partial charge in [-0.15, -0.1) is 0 Å². The zero-order valence-corrected chi connectivity index (χ0v) is 24.1. The topological polar surface area (TPSA) is 142 Å². The molecule has 0 aromatic heterocycles. The molecule has 0 bridgehead atoms. The van der Waals surface area contributed by atoms with Crippen molar-refractivity contribution in [2.75, 3.05) is 13.1 Å². The minimum atomic E-state index is -1.22. The second-order valence-corrected chi connectivity index (χ2v) is 10.8. The van der Waals surface area contributed by atoms with Gasteiger partial charge < -0.3 is 25.6 Å². The number of aliphatic hydroxyl groups excluding tert-OH is 1. The lowest BCUT2D eigenvalue weighted by molar-refractivity contribution is -0.167. The predicted octanol–water partition coefficient (Wildman–Crippen LogP) is 3.80. The minimum absolute atomic E-state index is 0.0303. The summed E-state index contributed by atoms with van der Waals surface area (Å²) in [5.74, 6) is -2.20. The van der Waals surface area contributed by atoms with Crippen LogP contribution < -0.4 is 10.6 Å². The highest BCUT2D eigenvalue weighted by molar-refractivity contribution is 5.91. The average Bonchev–Trinajstić information content (AvgIpc) is 2.91. The molecule has 0 aliphatic rings. The molecule has 0 aliphatic heterocycles. The molecular formula is C30H46N2O7. The summed E-state index contributed by atoms with van der Waals surface area (Å²) in [7, 11) is 0. The van der Waals surface area contributed by atoms with Crippen LogP contribution in [0.5, 0.6) is 0 Å². The van der Waals surface area contributed by atoms with Crippen LogP contribution in [0.15, 0.2) is 36.4 Å². The number of aliphatic carboxylic acids is 1. The Morgan fingerprint density at radius 1 is 0.974 bits per heavy atom. The van der Waals surface area contributed by atoms with E-state index >= 15 is 0 Å². The van der Waals surface area contributed by atoms with Gasteiger partial charge in [-0.1, -0.05) is 71.9 Å². The number of carbonyl (C=O) groups excluding carboxylic acids is 3. The highest BCUT2D eigenvalue weighted by atomic mass is 16.6. The summed E-state index contributed by atoms with van der Waals surface area (Å²) >= 11 is 0. The van der Waals surface area contributed by atoms with E-state index in [1.807, 2.05) is 26.0 Å². The van der Waals surface area contributed by atoms with Crippen LogP contribution in [-0.4, -0.2) is 53.2 Å². The largest absolute Gasteiger partial charge is 0.479 e. The molecule has 0 radical (unpaired) electrons. The summed E-state index contributed by atoms with van der Waals surface area (Å²) in [6.45, 7) is 11.6. The zero-order valence-electron chi connectivity index (χ0n) is 24.1. The maximum atomic E-state index is 12.2. The number of aliphatic hydroxyl groups is 1. The highest BCUT2D eigenvalue weighted by Crippen LogP contribution is 2.32. The van der Waals surface area contributed by atoms with Gasteiger partial charge in [-0.05, 0) is 60.1 Å².